The quantitative estimate of drug-likeness (QED) is 0.718. The van der Waals surface area contributed by atoms with Gasteiger partial charge < -0.3 is 19.1 Å². The molecule has 0 aliphatic carbocycles. The molecule has 0 amide bonds. The molecule has 2 aromatic carbocycles. The van der Waals surface area contributed by atoms with Crippen molar-refractivity contribution in [3.8, 4) is 17.2 Å². The van der Waals surface area contributed by atoms with Crippen molar-refractivity contribution in [2.24, 2.45) is 5.10 Å². The van der Waals surface area contributed by atoms with Crippen LogP contribution in [0, 0.1) is 0 Å². The van der Waals surface area contributed by atoms with Gasteiger partial charge in [-0.25, -0.2) is 0 Å². The summed E-state index contributed by atoms with van der Waals surface area (Å²) in [5, 5.41) is 7.58. The lowest BCUT2D eigenvalue weighted by molar-refractivity contribution is -0.918. The van der Waals surface area contributed by atoms with E-state index in [9.17, 15) is 0 Å². The Labute approximate surface area is 171 Å². The van der Waals surface area contributed by atoms with Crippen molar-refractivity contribution < 1.29 is 19.1 Å². The summed E-state index contributed by atoms with van der Waals surface area (Å²) in [6, 6.07) is 11.7. The van der Waals surface area contributed by atoms with Crippen LogP contribution in [0.15, 0.2) is 41.5 Å². The van der Waals surface area contributed by atoms with E-state index in [0.717, 1.165) is 43.3 Å². The van der Waals surface area contributed by atoms with Crippen molar-refractivity contribution >= 4 is 17.8 Å². The monoisotopic (exact) mass is 404 g/mol. The molecule has 1 aliphatic rings. The van der Waals surface area contributed by atoms with Crippen LogP contribution in [-0.2, 0) is 6.54 Å². The van der Waals surface area contributed by atoms with E-state index in [0.29, 0.717) is 17.2 Å². The fourth-order valence-electron chi connectivity index (χ4n) is 3.31. The van der Waals surface area contributed by atoms with Crippen molar-refractivity contribution in [1.82, 2.24) is 5.01 Å². The molecule has 0 radical (unpaired) electrons. The number of piperazine rings is 1. The van der Waals surface area contributed by atoms with E-state index in [1.54, 1.807) is 21.3 Å². The summed E-state index contributed by atoms with van der Waals surface area (Å²) in [6.07, 6.45) is 1.82. The van der Waals surface area contributed by atoms with Crippen LogP contribution in [0.2, 0.25) is 5.02 Å². The minimum Gasteiger partial charge on any atom is -0.496 e. The molecule has 0 aromatic heterocycles. The van der Waals surface area contributed by atoms with E-state index in [1.807, 2.05) is 36.5 Å². The predicted octanol–water partition coefficient (Wildman–Crippen LogP) is 2.10. The van der Waals surface area contributed by atoms with Crippen LogP contribution >= 0.6 is 11.6 Å². The number of hydrogen-bond donors (Lipinski definition) is 1. The number of hydrogen-bond acceptors (Lipinski definition) is 5. The molecule has 0 saturated carbocycles. The Balaban J connectivity index is 1.61. The molecule has 1 aliphatic heterocycles. The first-order chi connectivity index (χ1) is 13.6. The van der Waals surface area contributed by atoms with Gasteiger partial charge in [-0.3, -0.25) is 5.01 Å². The third kappa shape index (κ3) is 4.88. The van der Waals surface area contributed by atoms with Crippen LogP contribution in [0.5, 0.6) is 17.2 Å². The largest absolute Gasteiger partial charge is 0.496 e. The zero-order valence-electron chi connectivity index (χ0n) is 16.6. The maximum absolute atomic E-state index is 6.29. The summed E-state index contributed by atoms with van der Waals surface area (Å²) in [5.41, 5.74) is 2.05. The first-order valence-corrected chi connectivity index (χ1v) is 9.68. The molecule has 28 heavy (non-hydrogen) atoms. The van der Waals surface area contributed by atoms with Crippen molar-refractivity contribution in [1.29, 1.82) is 0 Å². The normalized spacial score (nSPS) is 15.1. The Morgan fingerprint density at radius 1 is 1.00 bits per heavy atom. The molecule has 6 nitrogen and oxygen atoms in total. The molecule has 0 spiro atoms. The second kappa shape index (κ2) is 9.66. The van der Waals surface area contributed by atoms with Crippen LogP contribution in [0.4, 0.5) is 0 Å². The van der Waals surface area contributed by atoms with Gasteiger partial charge in [-0.05, 0) is 12.1 Å². The molecule has 0 atom stereocenters. The smallest absolute Gasteiger partial charge is 0.164 e. The van der Waals surface area contributed by atoms with E-state index < -0.39 is 0 Å². The predicted molar refractivity (Wildman–Crippen MR) is 111 cm³/mol. The Hall–Kier alpha value is -2.44. The molecule has 3 rings (SSSR count). The summed E-state index contributed by atoms with van der Waals surface area (Å²) in [6.45, 7) is 4.77. The van der Waals surface area contributed by atoms with Gasteiger partial charge in [-0.2, -0.15) is 5.10 Å². The maximum Gasteiger partial charge on any atom is 0.164 e. The average molecular weight is 405 g/mol. The Morgan fingerprint density at radius 2 is 1.64 bits per heavy atom. The van der Waals surface area contributed by atoms with Crippen molar-refractivity contribution in [3.63, 3.8) is 0 Å². The van der Waals surface area contributed by atoms with Gasteiger partial charge in [0.25, 0.3) is 0 Å². The second-order valence-electron chi connectivity index (χ2n) is 6.67. The lowest BCUT2D eigenvalue weighted by atomic mass is 10.2. The number of nitrogens with one attached hydrogen (secondary N) is 1. The maximum atomic E-state index is 6.29. The number of rotatable bonds is 7. The van der Waals surface area contributed by atoms with E-state index in [-0.39, 0.29) is 0 Å². The molecule has 1 fully saturated rings. The zero-order chi connectivity index (χ0) is 19.9. The van der Waals surface area contributed by atoms with Gasteiger partial charge in [0.2, 0.25) is 0 Å². The summed E-state index contributed by atoms with van der Waals surface area (Å²) in [7, 11) is 4.86. The summed E-state index contributed by atoms with van der Waals surface area (Å²) >= 11 is 6.29. The summed E-state index contributed by atoms with van der Waals surface area (Å²) in [4.78, 5) is 1.52. The highest BCUT2D eigenvalue weighted by molar-refractivity contribution is 6.31. The lowest BCUT2D eigenvalue weighted by Gasteiger charge is -2.30. The van der Waals surface area contributed by atoms with E-state index >= 15 is 0 Å². The molecule has 2 aromatic rings. The van der Waals surface area contributed by atoms with E-state index in [2.05, 4.69) is 16.2 Å². The van der Waals surface area contributed by atoms with Gasteiger partial charge in [-0.15, -0.1) is 0 Å². The Morgan fingerprint density at radius 3 is 2.29 bits per heavy atom. The molecular weight excluding hydrogens is 378 g/mol. The highest BCUT2D eigenvalue weighted by atomic mass is 35.5. The van der Waals surface area contributed by atoms with Gasteiger partial charge in [-0.1, -0.05) is 29.8 Å². The Kier molecular flexibility index (Phi) is 7.01. The molecule has 7 heteroatoms. The lowest BCUT2D eigenvalue weighted by Crippen LogP contribution is -3.13. The van der Waals surface area contributed by atoms with Crippen LogP contribution in [-0.4, -0.2) is 58.7 Å². The number of ether oxygens (including phenoxy) is 3. The number of nitrogens with zero attached hydrogens (tertiary/aromatic N) is 2. The fourth-order valence-corrected chi connectivity index (χ4v) is 3.51. The minimum absolute atomic E-state index is 0.633. The number of benzene rings is 2. The van der Waals surface area contributed by atoms with Crippen LogP contribution < -0.4 is 19.1 Å². The summed E-state index contributed by atoms with van der Waals surface area (Å²) in [5.74, 6) is 1.98. The number of quaternary nitrogens is 1. The second-order valence-corrected chi connectivity index (χ2v) is 7.07. The van der Waals surface area contributed by atoms with E-state index in [4.69, 9.17) is 25.8 Å². The van der Waals surface area contributed by atoms with E-state index in [1.165, 1.54) is 10.5 Å². The SMILES string of the molecule is COc1cc(OC)c(OC)cc1/C=N/N1CC[NH+](Cc2ccccc2Cl)CC1. The van der Waals surface area contributed by atoms with Gasteiger partial charge in [0.15, 0.2) is 11.5 Å². The van der Waals surface area contributed by atoms with Crippen LogP contribution in [0.1, 0.15) is 11.1 Å². The molecule has 0 unspecified atom stereocenters. The fraction of sp³-hybridized carbons (Fsp3) is 0.381. The number of hydrazone groups is 1. The molecular formula is C21H27ClN3O3+. The first kappa shape index (κ1) is 20.3. The highest BCUT2D eigenvalue weighted by Crippen LogP contribution is 2.33. The average Bonchev–Trinajstić information content (AvgIpc) is 2.74. The highest BCUT2D eigenvalue weighted by Gasteiger charge is 2.20. The third-order valence-corrected chi connectivity index (χ3v) is 5.31. The third-order valence-electron chi connectivity index (χ3n) is 4.94. The summed E-state index contributed by atoms with van der Waals surface area (Å²) < 4.78 is 16.2. The van der Waals surface area contributed by atoms with Gasteiger partial charge in [0.1, 0.15) is 12.3 Å². The standard InChI is InChI=1S/C21H26ClN3O3/c1-26-19-13-21(28-3)20(27-2)12-17(19)14-23-25-10-8-24(9-11-25)15-16-6-4-5-7-18(16)22/h4-7,12-14H,8-11,15H2,1-3H3/p+1/b23-14+. The molecule has 1 N–H and O–H groups in total. The zero-order valence-corrected chi connectivity index (χ0v) is 17.3. The molecule has 150 valence electrons. The van der Waals surface area contributed by atoms with Gasteiger partial charge in [0.05, 0.1) is 53.7 Å². The van der Waals surface area contributed by atoms with Crippen molar-refractivity contribution in [2.45, 2.75) is 6.54 Å². The van der Waals surface area contributed by atoms with Crippen LogP contribution in [0.3, 0.4) is 0 Å². The minimum atomic E-state index is 0.633. The van der Waals surface area contributed by atoms with Gasteiger partial charge >= 0.3 is 0 Å². The topological polar surface area (TPSA) is 47.7 Å². The Bertz CT molecular complexity index is 821. The van der Waals surface area contributed by atoms with Crippen molar-refractivity contribution in [3.05, 3.63) is 52.5 Å². The molecule has 1 saturated heterocycles. The first-order valence-electron chi connectivity index (χ1n) is 9.30. The van der Waals surface area contributed by atoms with Crippen LogP contribution in [0.25, 0.3) is 0 Å². The van der Waals surface area contributed by atoms with Gasteiger partial charge in [0, 0.05) is 22.2 Å². The van der Waals surface area contributed by atoms with Crippen molar-refractivity contribution in [2.75, 3.05) is 47.5 Å². The number of methoxy groups -OCH3 is 3. The number of halogens is 1. The molecule has 1 heterocycles. The molecule has 0 bridgehead atoms.